The first kappa shape index (κ1) is 12.8. The molecule has 5 heteroatoms. The number of carbonyl (C=O) groups excluding carboxylic acids is 1. The van der Waals surface area contributed by atoms with E-state index in [0.29, 0.717) is 5.69 Å². The molecule has 0 aromatic heterocycles. The van der Waals surface area contributed by atoms with Gasteiger partial charge >= 0.3 is 5.97 Å². The highest BCUT2D eigenvalue weighted by Crippen LogP contribution is 2.33. The van der Waals surface area contributed by atoms with Crippen LogP contribution in [0.15, 0.2) is 10.5 Å². The SMILES string of the molecule is COC(=O)CNc1c(N)cc(C)c(C)c1Br. The van der Waals surface area contributed by atoms with Crippen molar-refractivity contribution >= 4 is 33.3 Å². The van der Waals surface area contributed by atoms with E-state index in [1.807, 2.05) is 19.9 Å². The van der Waals surface area contributed by atoms with Crippen LogP contribution < -0.4 is 11.1 Å². The van der Waals surface area contributed by atoms with Crippen molar-refractivity contribution in [1.82, 2.24) is 0 Å². The molecule has 1 rings (SSSR count). The van der Waals surface area contributed by atoms with Crippen LogP contribution in [0.25, 0.3) is 0 Å². The number of nitrogen functional groups attached to an aromatic ring is 1. The van der Waals surface area contributed by atoms with Gasteiger partial charge in [0.05, 0.1) is 18.5 Å². The monoisotopic (exact) mass is 286 g/mol. The summed E-state index contributed by atoms with van der Waals surface area (Å²) in [7, 11) is 1.35. The molecule has 0 heterocycles. The number of nitrogens with one attached hydrogen (secondary N) is 1. The number of hydrogen-bond donors (Lipinski definition) is 2. The van der Waals surface area contributed by atoms with Gasteiger partial charge in [0.1, 0.15) is 6.54 Å². The molecule has 0 fully saturated rings. The number of anilines is 2. The lowest BCUT2D eigenvalue weighted by Crippen LogP contribution is -2.16. The maximum atomic E-state index is 11.0. The largest absolute Gasteiger partial charge is 0.468 e. The minimum Gasteiger partial charge on any atom is -0.468 e. The maximum Gasteiger partial charge on any atom is 0.325 e. The number of esters is 1. The summed E-state index contributed by atoms with van der Waals surface area (Å²) in [5.74, 6) is -0.329. The van der Waals surface area contributed by atoms with Gasteiger partial charge in [0, 0.05) is 4.47 Å². The van der Waals surface area contributed by atoms with Crippen LogP contribution in [0.5, 0.6) is 0 Å². The number of ether oxygens (including phenoxy) is 1. The summed E-state index contributed by atoms with van der Waals surface area (Å²) in [6.07, 6.45) is 0. The van der Waals surface area contributed by atoms with Crippen LogP contribution >= 0.6 is 15.9 Å². The molecule has 1 aromatic rings. The molecule has 0 radical (unpaired) electrons. The van der Waals surface area contributed by atoms with Gasteiger partial charge in [-0.3, -0.25) is 4.79 Å². The molecule has 0 aliphatic heterocycles. The Morgan fingerprint density at radius 3 is 2.75 bits per heavy atom. The van der Waals surface area contributed by atoms with E-state index < -0.39 is 0 Å². The molecule has 0 saturated heterocycles. The van der Waals surface area contributed by atoms with Gasteiger partial charge in [-0.05, 0) is 47.0 Å². The zero-order valence-electron chi connectivity index (χ0n) is 9.56. The third-order valence-electron chi connectivity index (χ3n) is 2.44. The average Bonchev–Trinajstić information content (AvgIpc) is 2.25. The number of nitrogens with two attached hydrogens (primary N) is 1. The van der Waals surface area contributed by atoms with Crippen LogP contribution in [0.4, 0.5) is 11.4 Å². The van der Waals surface area contributed by atoms with E-state index in [2.05, 4.69) is 26.0 Å². The first-order valence-electron chi connectivity index (χ1n) is 4.83. The Kier molecular flexibility index (Phi) is 4.18. The van der Waals surface area contributed by atoms with Crippen LogP contribution in [0, 0.1) is 13.8 Å². The van der Waals surface area contributed by atoms with Crippen molar-refractivity contribution < 1.29 is 9.53 Å². The number of carbonyl (C=O) groups is 1. The van der Waals surface area contributed by atoms with E-state index in [1.54, 1.807) is 0 Å². The van der Waals surface area contributed by atoms with Crippen LogP contribution in [-0.2, 0) is 9.53 Å². The normalized spacial score (nSPS) is 10.0. The molecular formula is C11H15BrN2O2. The predicted molar refractivity (Wildman–Crippen MR) is 68.5 cm³/mol. The second-order valence-electron chi connectivity index (χ2n) is 3.53. The molecule has 0 bridgehead atoms. The van der Waals surface area contributed by atoms with Gasteiger partial charge in [-0.25, -0.2) is 0 Å². The molecule has 0 atom stereocenters. The van der Waals surface area contributed by atoms with Gasteiger partial charge in [0.15, 0.2) is 0 Å². The second kappa shape index (κ2) is 5.21. The molecule has 0 unspecified atom stereocenters. The Morgan fingerprint density at radius 1 is 1.56 bits per heavy atom. The Morgan fingerprint density at radius 2 is 2.19 bits per heavy atom. The van der Waals surface area contributed by atoms with E-state index in [-0.39, 0.29) is 12.5 Å². The van der Waals surface area contributed by atoms with Gasteiger partial charge in [-0.15, -0.1) is 0 Å². The van der Waals surface area contributed by atoms with Crippen molar-refractivity contribution in [3.05, 3.63) is 21.7 Å². The second-order valence-corrected chi connectivity index (χ2v) is 4.32. The first-order valence-corrected chi connectivity index (χ1v) is 5.62. The van der Waals surface area contributed by atoms with Crippen molar-refractivity contribution in [2.75, 3.05) is 24.7 Å². The number of benzene rings is 1. The lowest BCUT2D eigenvalue weighted by molar-refractivity contribution is -0.138. The summed E-state index contributed by atoms with van der Waals surface area (Å²) in [5.41, 5.74) is 9.42. The average molecular weight is 287 g/mol. The number of hydrogen-bond acceptors (Lipinski definition) is 4. The topological polar surface area (TPSA) is 64.3 Å². The van der Waals surface area contributed by atoms with Crippen molar-refractivity contribution in [1.29, 1.82) is 0 Å². The summed E-state index contributed by atoms with van der Waals surface area (Å²) < 4.78 is 5.43. The van der Waals surface area contributed by atoms with Crippen LogP contribution in [0.2, 0.25) is 0 Å². The fourth-order valence-electron chi connectivity index (χ4n) is 1.31. The van der Waals surface area contributed by atoms with Crippen molar-refractivity contribution in [2.24, 2.45) is 0 Å². The molecule has 4 nitrogen and oxygen atoms in total. The van der Waals surface area contributed by atoms with Gasteiger partial charge in [0.25, 0.3) is 0 Å². The van der Waals surface area contributed by atoms with Crippen molar-refractivity contribution in [3.8, 4) is 0 Å². The summed E-state index contributed by atoms with van der Waals surface area (Å²) in [6, 6.07) is 1.87. The fourth-order valence-corrected chi connectivity index (χ4v) is 2.00. The molecule has 16 heavy (non-hydrogen) atoms. The zero-order valence-corrected chi connectivity index (χ0v) is 11.1. The lowest BCUT2D eigenvalue weighted by atomic mass is 10.1. The lowest BCUT2D eigenvalue weighted by Gasteiger charge is -2.14. The Labute approximate surface area is 103 Å². The van der Waals surface area contributed by atoms with E-state index in [0.717, 1.165) is 21.3 Å². The zero-order chi connectivity index (χ0) is 12.3. The van der Waals surface area contributed by atoms with Crippen LogP contribution in [0.1, 0.15) is 11.1 Å². The number of aryl methyl sites for hydroxylation is 1. The molecule has 0 aliphatic carbocycles. The maximum absolute atomic E-state index is 11.0. The van der Waals surface area contributed by atoms with Gasteiger partial charge in [0.2, 0.25) is 0 Å². The molecule has 0 amide bonds. The summed E-state index contributed by atoms with van der Waals surface area (Å²) >= 11 is 3.46. The van der Waals surface area contributed by atoms with E-state index >= 15 is 0 Å². The standard InChI is InChI=1S/C11H15BrN2O2/c1-6-4-8(13)11(10(12)7(6)2)14-5-9(15)16-3/h4,14H,5,13H2,1-3H3. The number of methoxy groups -OCH3 is 1. The molecule has 0 saturated carbocycles. The molecular weight excluding hydrogens is 272 g/mol. The molecule has 1 aromatic carbocycles. The van der Waals surface area contributed by atoms with Crippen molar-refractivity contribution in [3.63, 3.8) is 0 Å². The molecule has 3 N–H and O–H groups in total. The van der Waals surface area contributed by atoms with Crippen LogP contribution in [-0.4, -0.2) is 19.6 Å². The van der Waals surface area contributed by atoms with E-state index in [1.165, 1.54) is 7.11 Å². The highest BCUT2D eigenvalue weighted by molar-refractivity contribution is 9.10. The van der Waals surface area contributed by atoms with E-state index in [4.69, 9.17) is 5.73 Å². The quantitative estimate of drug-likeness (QED) is 0.661. The van der Waals surface area contributed by atoms with Gasteiger partial charge in [-0.1, -0.05) is 0 Å². The van der Waals surface area contributed by atoms with Crippen LogP contribution in [0.3, 0.4) is 0 Å². The Balaban J connectivity index is 2.96. The van der Waals surface area contributed by atoms with E-state index in [9.17, 15) is 4.79 Å². The minimum absolute atomic E-state index is 0.0990. The Hall–Kier alpha value is -1.23. The summed E-state index contributed by atoms with van der Waals surface area (Å²) in [6.45, 7) is 4.07. The van der Waals surface area contributed by atoms with Gasteiger partial charge in [-0.2, -0.15) is 0 Å². The predicted octanol–water partition coefficient (Wildman–Crippen LogP) is 2.23. The Bertz CT molecular complexity index is 419. The molecule has 0 spiro atoms. The summed E-state index contributed by atoms with van der Waals surface area (Å²) in [4.78, 5) is 11.0. The summed E-state index contributed by atoms with van der Waals surface area (Å²) in [5, 5.41) is 2.95. The smallest absolute Gasteiger partial charge is 0.325 e. The highest BCUT2D eigenvalue weighted by atomic mass is 79.9. The fraction of sp³-hybridized carbons (Fsp3) is 0.364. The highest BCUT2D eigenvalue weighted by Gasteiger charge is 2.11. The number of rotatable bonds is 3. The third-order valence-corrected chi connectivity index (χ3v) is 3.43. The first-order chi connectivity index (χ1) is 7.47. The van der Waals surface area contributed by atoms with Gasteiger partial charge < -0.3 is 15.8 Å². The molecule has 0 aliphatic rings. The minimum atomic E-state index is -0.329. The number of halogens is 1. The van der Waals surface area contributed by atoms with Crippen molar-refractivity contribution in [2.45, 2.75) is 13.8 Å². The third kappa shape index (κ3) is 2.66. The molecule has 88 valence electrons.